The lowest BCUT2D eigenvalue weighted by Gasteiger charge is -2.27. The van der Waals surface area contributed by atoms with Crippen LogP contribution in [0, 0.1) is 0 Å². The van der Waals surface area contributed by atoms with E-state index in [4.69, 9.17) is 14.2 Å². The smallest absolute Gasteiger partial charge is 0.171 e. The molecule has 2 atom stereocenters. The Balaban J connectivity index is 4.01. The summed E-state index contributed by atoms with van der Waals surface area (Å²) in [6.07, 6.45) is 2.03. The molecule has 15 heavy (non-hydrogen) atoms. The van der Waals surface area contributed by atoms with E-state index in [-0.39, 0.29) is 12.3 Å². The first-order chi connectivity index (χ1) is 7.19. The van der Waals surface area contributed by atoms with Crippen LogP contribution in [0.4, 0.5) is 0 Å². The van der Waals surface area contributed by atoms with Crippen molar-refractivity contribution in [1.29, 1.82) is 0 Å². The maximum Gasteiger partial charge on any atom is 0.171 e. The van der Waals surface area contributed by atoms with Crippen molar-refractivity contribution in [3.8, 4) is 0 Å². The Kier molecular flexibility index (Phi) is 9.00. The van der Waals surface area contributed by atoms with Crippen LogP contribution in [0.15, 0.2) is 0 Å². The SMILES string of the molecule is CCCC(COC)NC(C)C(OC)OC. The minimum atomic E-state index is -0.207. The number of hydrogen-bond donors (Lipinski definition) is 1. The van der Waals surface area contributed by atoms with Gasteiger partial charge in [0, 0.05) is 27.4 Å². The van der Waals surface area contributed by atoms with E-state index in [1.165, 1.54) is 0 Å². The van der Waals surface area contributed by atoms with Crippen molar-refractivity contribution in [2.45, 2.75) is 45.1 Å². The van der Waals surface area contributed by atoms with Crippen molar-refractivity contribution in [2.75, 3.05) is 27.9 Å². The van der Waals surface area contributed by atoms with Gasteiger partial charge in [-0.15, -0.1) is 0 Å². The number of rotatable bonds is 9. The Morgan fingerprint density at radius 1 is 1.13 bits per heavy atom. The topological polar surface area (TPSA) is 39.7 Å². The van der Waals surface area contributed by atoms with Crippen molar-refractivity contribution in [3.63, 3.8) is 0 Å². The second-order valence-corrected chi connectivity index (χ2v) is 3.74. The number of methoxy groups -OCH3 is 3. The highest BCUT2D eigenvalue weighted by Gasteiger charge is 2.19. The quantitative estimate of drug-likeness (QED) is 0.595. The largest absolute Gasteiger partial charge is 0.383 e. The van der Waals surface area contributed by atoms with E-state index in [9.17, 15) is 0 Å². The fourth-order valence-corrected chi connectivity index (χ4v) is 1.72. The summed E-state index contributed by atoms with van der Waals surface area (Å²) < 4.78 is 15.5. The Morgan fingerprint density at radius 2 is 1.73 bits per heavy atom. The molecule has 0 amide bonds. The first-order valence-corrected chi connectivity index (χ1v) is 5.50. The Bertz CT molecular complexity index is 134. The molecule has 0 aliphatic rings. The van der Waals surface area contributed by atoms with Crippen LogP contribution < -0.4 is 5.32 Å². The predicted octanol–water partition coefficient (Wildman–Crippen LogP) is 1.40. The summed E-state index contributed by atoms with van der Waals surface area (Å²) in [5, 5.41) is 3.45. The molecular weight excluding hydrogens is 194 g/mol. The van der Waals surface area contributed by atoms with Gasteiger partial charge in [-0.25, -0.2) is 0 Å². The molecule has 2 unspecified atom stereocenters. The van der Waals surface area contributed by atoms with Crippen LogP contribution in [-0.4, -0.2) is 46.3 Å². The van der Waals surface area contributed by atoms with Gasteiger partial charge in [0.1, 0.15) is 0 Å². The normalized spacial score (nSPS) is 15.6. The van der Waals surface area contributed by atoms with Crippen molar-refractivity contribution in [1.82, 2.24) is 5.32 Å². The molecule has 0 spiro atoms. The van der Waals surface area contributed by atoms with E-state index in [0.717, 1.165) is 19.4 Å². The third kappa shape index (κ3) is 6.10. The van der Waals surface area contributed by atoms with Crippen molar-refractivity contribution < 1.29 is 14.2 Å². The molecule has 0 aromatic rings. The molecule has 0 aliphatic heterocycles. The lowest BCUT2D eigenvalue weighted by atomic mass is 10.1. The zero-order valence-corrected chi connectivity index (χ0v) is 10.6. The molecule has 4 heteroatoms. The summed E-state index contributed by atoms with van der Waals surface area (Å²) in [6.45, 7) is 4.94. The predicted molar refractivity (Wildman–Crippen MR) is 61.0 cm³/mol. The van der Waals surface area contributed by atoms with Crippen molar-refractivity contribution >= 4 is 0 Å². The first kappa shape index (κ1) is 14.8. The Labute approximate surface area is 93.3 Å². The van der Waals surface area contributed by atoms with E-state index in [0.29, 0.717) is 6.04 Å². The molecule has 0 radical (unpaired) electrons. The zero-order valence-electron chi connectivity index (χ0n) is 10.6. The van der Waals surface area contributed by atoms with Gasteiger partial charge in [-0.1, -0.05) is 13.3 Å². The van der Waals surface area contributed by atoms with Gasteiger partial charge in [0.2, 0.25) is 0 Å². The molecule has 0 fully saturated rings. The highest BCUT2D eigenvalue weighted by atomic mass is 16.7. The van der Waals surface area contributed by atoms with E-state index in [1.807, 2.05) is 0 Å². The maximum absolute atomic E-state index is 5.19. The third-order valence-electron chi connectivity index (χ3n) is 2.38. The van der Waals surface area contributed by atoms with Crippen LogP contribution in [0.2, 0.25) is 0 Å². The molecule has 4 nitrogen and oxygen atoms in total. The first-order valence-electron chi connectivity index (χ1n) is 5.50. The molecule has 0 saturated carbocycles. The average molecular weight is 219 g/mol. The zero-order chi connectivity index (χ0) is 11.7. The lowest BCUT2D eigenvalue weighted by Crippen LogP contribution is -2.46. The van der Waals surface area contributed by atoms with Gasteiger partial charge < -0.3 is 19.5 Å². The highest BCUT2D eigenvalue weighted by molar-refractivity contribution is 4.73. The number of ether oxygens (including phenoxy) is 3. The van der Waals surface area contributed by atoms with Crippen LogP contribution in [0.3, 0.4) is 0 Å². The summed E-state index contributed by atoms with van der Waals surface area (Å²) >= 11 is 0. The molecule has 0 saturated heterocycles. The summed E-state index contributed by atoms with van der Waals surface area (Å²) in [6, 6.07) is 0.523. The summed E-state index contributed by atoms with van der Waals surface area (Å²) in [5.41, 5.74) is 0. The lowest BCUT2D eigenvalue weighted by molar-refractivity contribution is -0.121. The van der Waals surface area contributed by atoms with Gasteiger partial charge in [0.15, 0.2) is 6.29 Å². The maximum atomic E-state index is 5.19. The fourth-order valence-electron chi connectivity index (χ4n) is 1.72. The van der Waals surface area contributed by atoms with Crippen molar-refractivity contribution in [2.24, 2.45) is 0 Å². The van der Waals surface area contributed by atoms with Gasteiger partial charge in [0.05, 0.1) is 12.6 Å². The average Bonchev–Trinajstić information content (AvgIpc) is 2.20. The second kappa shape index (κ2) is 9.09. The molecule has 0 aromatic carbocycles. The van der Waals surface area contributed by atoms with Crippen LogP contribution in [0.1, 0.15) is 26.7 Å². The minimum absolute atomic E-state index is 0.159. The standard InChI is InChI=1S/C11H25NO3/c1-6-7-10(8-13-3)12-9(2)11(14-4)15-5/h9-12H,6-8H2,1-5H3. The molecule has 0 heterocycles. The summed E-state index contributed by atoms with van der Waals surface area (Å²) in [7, 11) is 5.02. The monoisotopic (exact) mass is 219 g/mol. The molecule has 0 aliphatic carbocycles. The van der Waals surface area contributed by atoms with Crippen LogP contribution >= 0.6 is 0 Å². The van der Waals surface area contributed by atoms with Crippen LogP contribution in [0.25, 0.3) is 0 Å². The fraction of sp³-hybridized carbons (Fsp3) is 1.00. The summed E-state index contributed by atoms with van der Waals surface area (Å²) in [5.74, 6) is 0. The molecule has 92 valence electrons. The van der Waals surface area contributed by atoms with Crippen LogP contribution in [-0.2, 0) is 14.2 Å². The molecule has 1 N–H and O–H groups in total. The number of nitrogens with one attached hydrogen (secondary N) is 1. The van der Waals surface area contributed by atoms with Gasteiger partial charge in [0.25, 0.3) is 0 Å². The molecular formula is C11H25NO3. The molecule has 0 rings (SSSR count). The van der Waals surface area contributed by atoms with E-state index < -0.39 is 0 Å². The van der Waals surface area contributed by atoms with Gasteiger partial charge in [-0.2, -0.15) is 0 Å². The Hall–Kier alpha value is -0.160. The third-order valence-corrected chi connectivity index (χ3v) is 2.38. The summed E-state index contributed by atoms with van der Waals surface area (Å²) in [4.78, 5) is 0. The molecule has 0 bridgehead atoms. The van der Waals surface area contributed by atoms with Crippen LogP contribution in [0.5, 0.6) is 0 Å². The van der Waals surface area contributed by atoms with Crippen molar-refractivity contribution in [3.05, 3.63) is 0 Å². The van der Waals surface area contributed by atoms with E-state index >= 15 is 0 Å². The second-order valence-electron chi connectivity index (χ2n) is 3.74. The highest BCUT2D eigenvalue weighted by Crippen LogP contribution is 2.04. The van der Waals surface area contributed by atoms with Gasteiger partial charge in [-0.05, 0) is 13.3 Å². The van der Waals surface area contributed by atoms with E-state index in [2.05, 4.69) is 19.2 Å². The minimum Gasteiger partial charge on any atom is -0.383 e. The van der Waals surface area contributed by atoms with Gasteiger partial charge >= 0.3 is 0 Å². The Morgan fingerprint density at radius 3 is 2.13 bits per heavy atom. The number of hydrogen-bond acceptors (Lipinski definition) is 4. The molecule has 0 aromatic heterocycles. The van der Waals surface area contributed by atoms with Gasteiger partial charge in [-0.3, -0.25) is 0 Å². The van der Waals surface area contributed by atoms with E-state index in [1.54, 1.807) is 21.3 Å².